The summed E-state index contributed by atoms with van der Waals surface area (Å²) in [5, 5.41) is 3.03. The maximum atomic E-state index is 12.2. The highest BCUT2D eigenvalue weighted by Gasteiger charge is 2.11. The number of carbonyl (C=O) groups excluding carboxylic acids is 1. The lowest BCUT2D eigenvalue weighted by Gasteiger charge is -2.15. The Balaban J connectivity index is 1.55. The Hall–Kier alpha value is -2.82. The molecule has 2 N–H and O–H groups in total. The van der Waals surface area contributed by atoms with Gasteiger partial charge in [-0.25, -0.2) is 4.98 Å². The van der Waals surface area contributed by atoms with Crippen molar-refractivity contribution in [2.24, 2.45) is 0 Å². The maximum absolute atomic E-state index is 12.2. The number of hydrogen-bond acceptors (Lipinski definition) is 3. The molecule has 5 heteroatoms. The highest BCUT2D eigenvalue weighted by molar-refractivity contribution is 5.77. The lowest BCUT2D eigenvalue weighted by molar-refractivity contribution is -0.121. The Kier molecular flexibility index (Phi) is 5.33. The molecule has 0 aliphatic rings. The Bertz CT molecular complexity index is 824. The van der Waals surface area contributed by atoms with Gasteiger partial charge in [0.2, 0.25) is 5.91 Å². The number of hydrogen-bond donors (Lipinski definition) is 2. The predicted octanol–water partition coefficient (Wildman–Crippen LogP) is 3.77. The van der Waals surface area contributed by atoms with Crippen molar-refractivity contribution in [3.63, 3.8) is 0 Å². The van der Waals surface area contributed by atoms with Gasteiger partial charge in [0.15, 0.2) is 0 Å². The highest BCUT2D eigenvalue weighted by atomic mass is 16.5. The lowest BCUT2D eigenvalue weighted by atomic mass is 10.1. The molecule has 0 unspecified atom stereocenters. The van der Waals surface area contributed by atoms with Gasteiger partial charge in [0.05, 0.1) is 23.7 Å². The molecule has 3 rings (SSSR count). The predicted molar refractivity (Wildman–Crippen MR) is 98.6 cm³/mol. The molecule has 0 aliphatic carbocycles. The molecule has 0 spiro atoms. The molecule has 2 aromatic carbocycles. The minimum absolute atomic E-state index is 0.00905. The van der Waals surface area contributed by atoms with Crippen LogP contribution in [0.15, 0.2) is 48.5 Å². The Morgan fingerprint density at radius 1 is 1.24 bits per heavy atom. The van der Waals surface area contributed by atoms with Gasteiger partial charge in [0.1, 0.15) is 11.6 Å². The molecule has 0 saturated heterocycles. The number of aryl methyl sites for hydroxylation is 1. The van der Waals surface area contributed by atoms with E-state index in [9.17, 15) is 4.79 Å². The summed E-state index contributed by atoms with van der Waals surface area (Å²) in [5.74, 6) is 1.67. The molecule has 130 valence electrons. The van der Waals surface area contributed by atoms with Gasteiger partial charge in [-0.15, -0.1) is 0 Å². The van der Waals surface area contributed by atoms with Crippen LogP contribution < -0.4 is 10.1 Å². The van der Waals surface area contributed by atoms with Crippen molar-refractivity contribution < 1.29 is 9.53 Å². The van der Waals surface area contributed by atoms with Crippen molar-refractivity contribution >= 4 is 16.9 Å². The minimum Gasteiger partial charge on any atom is -0.494 e. The first-order valence-corrected chi connectivity index (χ1v) is 8.61. The van der Waals surface area contributed by atoms with E-state index in [4.69, 9.17) is 4.74 Å². The standard InChI is InChI=1S/C20H23N3O2/c1-3-25-16-8-6-7-15(13-16)14(2)21-20(24)12-11-19-22-17-9-4-5-10-18(17)23-19/h4-10,13-14H,3,11-12H2,1-2H3,(H,21,24)(H,22,23)/t14-/m0/s1. The van der Waals surface area contributed by atoms with Gasteiger partial charge in [-0.1, -0.05) is 24.3 Å². The molecule has 1 atom stereocenters. The number of nitrogens with one attached hydrogen (secondary N) is 2. The number of nitrogens with zero attached hydrogens (tertiary/aromatic N) is 1. The van der Waals surface area contributed by atoms with Crippen LogP contribution in [0, 0.1) is 0 Å². The van der Waals surface area contributed by atoms with Crippen LogP contribution in [0.4, 0.5) is 0 Å². The van der Waals surface area contributed by atoms with Gasteiger partial charge < -0.3 is 15.0 Å². The summed E-state index contributed by atoms with van der Waals surface area (Å²) in [6.07, 6.45) is 0.988. The van der Waals surface area contributed by atoms with Crippen LogP contribution in [-0.2, 0) is 11.2 Å². The summed E-state index contributed by atoms with van der Waals surface area (Å²) in [4.78, 5) is 20.0. The van der Waals surface area contributed by atoms with E-state index in [1.807, 2.05) is 62.4 Å². The number of rotatable bonds is 7. The molecule has 0 bridgehead atoms. The summed E-state index contributed by atoms with van der Waals surface area (Å²) in [7, 11) is 0. The fourth-order valence-electron chi connectivity index (χ4n) is 2.79. The third kappa shape index (κ3) is 4.38. The molecular weight excluding hydrogens is 314 g/mol. The van der Waals surface area contributed by atoms with Crippen molar-refractivity contribution in [1.82, 2.24) is 15.3 Å². The molecular formula is C20H23N3O2. The smallest absolute Gasteiger partial charge is 0.220 e. The molecule has 5 nitrogen and oxygen atoms in total. The fourth-order valence-corrected chi connectivity index (χ4v) is 2.79. The largest absolute Gasteiger partial charge is 0.494 e. The number of amides is 1. The van der Waals surface area contributed by atoms with Crippen molar-refractivity contribution in [3.8, 4) is 5.75 Å². The molecule has 1 amide bonds. The number of imidazole rings is 1. The second-order valence-electron chi connectivity index (χ2n) is 6.00. The van der Waals surface area contributed by atoms with Gasteiger partial charge in [-0.3, -0.25) is 4.79 Å². The number of aromatic amines is 1. The van der Waals surface area contributed by atoms with E-state index < -0.39 is 0 Å². The van der Waals surface area contributed by atoms with Crippen LogP contribution in [0.1, 0.15) is 37.7 Å². The summed E-state index contributed by atoms with van der Waals surface area (Å²) in [6.45, 7) is 4.56. The van der Waals surface area contributed by atoms with Crippen LogP contribution >= 0.6 is 0 Å². The first-order valence-electron chi connectivity index (χ1n) is 8.61. The van der Waals surface area contributed by atoms with Crippen molar-refractivity contribution in [2.75, 3.05) is 6.61 Å². The van der Waals surface area contributed by atoms with Crippen molar-refractivity contribution in [1.29, 1.82) is 0 Å². The Morgan fingerprint density at radius 3 is 2.88 bits per heavy atom. The second-order valence-corrected chi connectivity index (χ2v) is 6.00. The topological polar surface area (TPSA) is 67.0 Å². The number of carbonyl (C=O) groups is 1. The summed E-state index contributed by atoms with van der Waals surface area (Å²) >= 11 is 0. The monoisotopic (exact) mass is 337 g/mol. The van der Waals surface area contributed by atoms with Crippen LogP contribution in [0.5, 0.6) is 5.75 Å². The van der Waals surface area contributed by atoms with Crippen molar-refractivity contribution in [2.45, 2.75) is 32.7 Å². The first-order chi connectivity index (χ1) is 12.2. The molecule has 0 radical (unpaired) electrons. The number of benzene rings is 2. The highest BCUT2D eigenvalue weighted by Crippen LogP contribution is 2.19. The minimum atomic E-state index is -0.0661. The van der Waals surface area contributed by atoms with Gasteiger partial charge in [-0.05, 0) is 43.7 Å². The van der Waals surface area contributed by atoms with Gasteiger partial charge in [0.25, 0.3) is 0 Å². The van der Waals surface area contributed by atoms with E-state index in [2.05, 4.69) is 15.3 Å². The third-order valence-electron chi connectivity index (χ3n) is 4.07. The zero-order valence-corrected chi connectivity index (χ0v) is 14.6. The average Bonchev–Trinajstić information content (AvgIpc) is 3.03. The Labute approximate surface area is 147 Å². The summed E-state index contributed by atoms with van der Waals surface area (Å²) in [5.41, 5.74) is 2.96. The van der Waals surface area contributed by atoms with Gasteiger partial charge in [0, 0.05) is 12.8 Å². The van der Waals surface area contributed by atoms with Crippen LogP contribution in [0.2, 0.25) is 0 Å². The summed E-state index contributed by atoms with van der Waals surface area (Å²) in [6, 6.07) is 15.6. The van der Waals surface area contributed by atoms with Gasteiger partial charge >= 0.3 is 0 Å². The van der Waals surface area contributed by atoms with Crippen molar-refractivity contribution in [3.05, 3.63) is 59.9 Å². The Morgan fingerprint density at radius 2 is 2.08 bits per heavy atom. The average molecular weight is 337 g/mol. The van der Waals surface area contributed by atoms with Crippen LogP contribution in [-0.4, -0.2) is 22.5 Å². The molecule has 0 saturated carbocycles. The molecule has 3 aromatic rings. The zero-order chi connectivity index (χ0) is 17.6. The fraction of sp³-hybridized carbons (Fsp3) is 0.300. The zero-order valence-electron chi connectivity index (χ0n) is 14.6. The van der Waals surface area contributed by atoms with E-state index in [1.165, 1.54) is 0 Å². The SMILES string of the molecule is CCOc1cccc([C@H](C)NC(=O)CCc2nc3ccccc3[nH]2)c1. The van der Waals surface area contributed by atoms with E-state index in [1.54, 1.807) is 0 Å². The summed E-state index contributed by atoms with van der Waals surface area (Å²) < 4.78 is 5.51. The normalized spacial score (nSPS) is 12.1. The number of ether oxygens (including phenoxy) is 1. The molecule has 1 aromatic heterocycles. The first kappa shape index (κ1) is 17.0. The van der Waals surface area contributed by atoms with E-state index in [0.717, 1.165) is 28.2 Å². The number of para-hydroxylation sites is 2. The molecule has 1 heterocycles. The van der Waals surface area contributed by atoms with E-state index in [0.29, 0.717) is 19.4 Å². The molecule has 25 heavy (non-hydrogen) atoms. The number of aromatic nitrogens is 2. The second kappa shape index (κ2) is 7.83. The third-order valence-corrected chi connectivity index (χ3v) is 4.07. The number of fused-ring (bicyclic) bond motifs is 1. The van der Waals surface area contributed by atoms with E-state index >= 15 is 0 Å². The van der Waals surface area contributed by atoms with Crippen LogP contribution in [0.3, 0.4) is 0 Å². The maximum Gasteiger partial charge on any atom is 0.220 e. The van der Waals surface area contributed by atoms with Crippen LogP contribution in [0.25, 0.3) is 11.0 Å². The molecule has 0 fully saturated rings. The van der Waals surface area contributed by atoms with E-state index in [-0.39, 0.29) is 11.9 Å². The molecule has 0 aliphatic heterocycles. The lowest BCUT2D eigenvalue weighted by Crippen LogP contribution is -2.26. The quantitative estimate of drug-likeness (QED) is 0.689. The number of H-pyrrole nitrogens is 1. The van der Waals surface area contributed by atoms with Gasteiger partial charge in [-0.2, -0.15) is 0 Å².